The normalized spacial score (nSPS) is 19.7. The standard InChI is InChI=1S/C14H18ClFN2O/c1-17(2)14(19)13-4-3-7-18(13)9-10-5-6-11(16)8-12(10)15/h5-6,8,13H,3-4,7,9H2,1-2H3. The van der Waals surface area contributed by atoms with Crippen LogP contribution in [0.25, 0.3) is 0 Å². The van der Waals surface area contributed by atoms with Gasteiger partial charge in [-0.25, -0.2) is 4.39 Å². The molecule has 3 nitrogen and oxygen atoms in total. The van der Waals surface area contributed by atoms with Crippen molar-refractivity contribution < 1.29 is 9.18 Å². The lowest BCUT2D eigenvalue weighted by molar-refractivity contribution is -0.133. The Kier molecular flexibility index (Phi) is 4.42. The van der Waals surface area contributed by atoms with Crippen molar-refractivity contribution in [2.45, 2.75) is 25.4 Å². The molecular weight excluding hydrogens is 267 g/mol. The highest BCUT2D eigenvalue weighted by molar-refractivity contribution is 6.31. The maximum absolute atomic E-state index is 13.0. The predicted molar refractivity (Wildman–Crippen MR) is 73.5 cm³/mol. The molecule has 1 aliphatic rings. The maximum atomic E-state index is 13.0. The van der Waals surface area contributed by atoms with Crippen LogP contribution in [-0.4, -0.2) is 42.4 Å². The molecule has 0 N–H and O–H groups in total. The Hall–Kier alpha value is -1.13. The summed E-state index contributed by atoms with van der Waals surface area (Å²) in [5, 5.41) is 0.419. The number of rotatable bonds is 3. The molecule has 1 aromatic carbocycles. The summed E-state index contributed by atoms with van der Waals surface area (Å²) in [7, 11) is 3.54. The van der Waals surface area contributed by atoms with E-state index in [2.05, 4.69) is 4.90 Å². The second-order valence-corrected chi connectivity index (χ2v) is 5.50. The molecule has 1 unspecified atom stereocenters. The Bertz CT molecular complexity index is 479. The van der Waals surface area contributed by atoms with Crippen LogP contribution in [-0.2, 0) is 11.3 Å². The monoisotopic (exact) mass is 284 g/mol. The fourth-order valence-corrected chi connectivity index (χ4v) is 2.69. The molecule has 1 saturated heterocycles. The Morgan fingerprint density at radius 1 is 1.53 bits per heavy atom. The average Bonchev–Trinajstić information content (AvgIpc) is 2.79. The molecule has 1 amide bonds. The molecule has 1 aliphatic heterocycles. The molecule has 0 aromatic heterocycles. The fourth-order valence-electron chi connectivity index (χ4n) is 2.46. The van der Waals surface area contributed by atoms with Crippen LogP contribution in [0.5, 0.6) is 0 Å². The molecule has 1 atom stereocenters. The van der Waals surface area contributed by atoms with Crippen molar-refractivity contribution in [3.05, 3.63) is 34.6 Å². The lowest BCUT2D eigenvalue weighted by atomic mass is 10.1. The minimum Gasteiger partial charge on any atom is -0.347 e. The summed E-state index contributed by atoms with van der Waals surface area (Å²) in [4.78, 5) is 15.8. The van der Waals surface area contributed by atoms with Gasteiger partial charge in [0, 0.05) is 25.7 Å². The lowest BCUT2D eigenvalue weighted by Crippen LogP contribution is -2.42. The molecule has 0 saturated carbocycles. The second kappa shape index (κ2) is 5.88. The van der Waals surface area contributed by atoms with Gasteiger partial charge in [0.25, 0.3) is 0 Å². The van der Waals surface area contributed by atoms with Gasteiger partial charge in [-0.05, 0) is 37.1 Å². The zero-order valence-electron chi connectivity index (χ0n) is 11.2. The van der Waals surface area contributed by atoms with Gasteiger partial charge in [-0.2, -0.15) is 0 Å². The third-order valence-corrected chi connectivity index (χ3v) is 3.83. The van der Waals surface area contributed by atoms with Crippen molar-refractivity contribution in [2.75, 3.05) is 20.6 Å². The first-order valence-corrected chi connectivity index (χ1v) is 6.76. The number of carbonyl (C=O) groups excluding carboxylic acids is 1. The summed E-state index contributed by atoms with van der Waals surface area (Å²) >= 11 is 6.04. The first-order valence-electron chi connectivity index (χ1n) is 6.38. The van der Waals surface area contributed by atoms with E-state index in [0.29, 0.717) is 11.6 Å². The first-order chi connectivity index (χ1) is 8.99. The minimum absolute atomic E-state index is 0.0869. The molecule has 104 valence electrons. The molecule has 1 heterocycles. The van der Waals surface area contributed by atoms with Crippen molar-refractivity contribution in [1.29, 1.82) is 0 Å². The van der Waals surface area contributed by atoms with Crippen molar-refractivity contribution in [2.24, 2.45) is 0 Å². The number of benzene rings is 1. The number of likely N-dealkylation sites (tertiary alicyclic amines) is 1. The third kappa shape index (κ3) is 3.25. The van der Waals surface area contributed by atoms with Crippen molar-refractivity contribution in [1.82, 2.24) is 9.80 Å². The van der Waals surface area contributed by atoms with E-state index in [-0.39, 0.29) is 17.8 Å². The van der Waals surface area contributed by atoms with Gasteiger partial charge in [0.15, 0.2) is 0 Å². The highest BCUT2D eigenvalue weighted by Crippen LogP contribution is 2.25. The van der Waals surface area contributed by atoms with Gasteiger partial charge < -0.3 is 4.90 Å². The number of nitrogens with zero attached hydrogens (tertiary/aromatic N) is 2. The Morgan fingerprint density at radius 2 is 2.26 bits per heavy atom. The van der Waals surface area contributed by atoms with Crippen molar-refractivity contribution >= 4 is 17.5 Å². The number of hydrogen-bond donors (Lipinski definition) is 0. The summed E-state index contributed by atoms with van der Waals surface area (Å²) < 4.78 is 13.0. The third-order valence-electron chi connectivity index (χ3n) is 3.48. The maximum Gasteiger partial charge on any atom is 0.239 e. The van der Waals surface area contributed by atoms with Gasteiger partial charge in [-0.15, -0.1) is 0 Å². The van der Waals surface area contributed by atoms with Gasteiger partial charge in [-0.3, -0.25) is 9.69 Å². The second-order valence-electron chi connectivity index (χ2n) is 5.10. The quantitative estimate of drug-likeness (QED) is 0.852. The van der Waals surface area contributed by atoms with Gasteiger partial charge in [0.1, 0.15) is 5.82 Å². The molecule has 1 aromatic rings. The van der Waals surface area contributed by atoms with Crippen LogP contribution >= 0.6 is 11.6 Å². The number of hydrogen-bond acceptors (Lipinski definition) is 2. The van der Waals surface area contributed by atoms with E-state index in [1.165, 1.54) is 12.1 Å². The van der Waals surface area contributed by atoms with Crippen LogP contribution < -0.4 is 0 Å². The summed E-state index contributed by atoms with van der Waals surface area (Å²) in [6, 6.07) is 4.32. The number of halogens is 2. The highest BCUT2D eigenvalue weighted by atomic mass is 35.5. The van der Waals surface area contributed by atoms with Crippen molar-refractivity contribution in [3.63, 3.8) is 0 Å². The topological polar surface area (TPSA) is 23.6 Å². The Morgan fingerprint density at radius 3 is 2.89 bits per heavy atom. The first kappa shape index (κ1) is 14.3. The number of likely N-dealkylation sites (N-methyl/N-ethyl adjacent to an activating group) is 1. The van der Waals surface area contributed by atoms with E-state index in [1.807, 2.05) is 0 Å². The number of carbonyl (C=O) groups is 1. The summed E-state index contributed by atoms with van der Waals surface area (Å²) in [6.07, 6.45) is 1.87. The van der Waals surface area contributed by atoms with Gasteiger partial charge in [0.2, 0.25) is 5.91 Å². The smallest absolute Gasteiger partial charge is 0.239 e. The zero-order chi connectivity index (χ0) is 14.0. The summed E-state index contributed by atoms with van der Waals surface area (Å²) in [5.74, 6) is -0.216. The molecule has 5 heteroatoms. The molecule has 0 aliphatic carbocycles. The van der Waals surface area contributed by atoms with Crippen molar-refractivity contribution in [3.8, 4) is 0 Å². The SMILES string of the molecule is CN(C)C(=O)C1CCCN1Cc1ccc(F)cc1Cl. The predicted octanol–water partition coefficient (Wildman–Crippen LogP) is 2.53. The molecule has 2 rings (SSSR count). The minimum atomic E-state index is -0.337. The highest BCUT2D eigenvalue weighted by Gasteiger charge is 2.31. The van der Waals surface area contributed by atoms with E-state index >= 15 is 0 Å². The molecule has 0 radical (unpaired) electrons. The molecule has 1 fully saturated rings. The van der Waals surface area contributed by atoms with E-state index in [1.54, 1.807) is 25.1 Å². The van der Waals surface area contributed by atoms with Crippen LogP contribution in [0.2, 0.25) is 5.02 Å². The lowest BCUT2D eigenvalue weighted by Gasteiger charge is -2.26. The van der Waals surface area contributed by atoms with E-state index in [0.717, 1.165) is 24.9 Å². The fraction of sp³-hybridized carbons (Fsp3) is 0.500. The summed E-state index contributed by atoms with van der Waals surface area (Å²) in [6.45, 7) is 1.46. The molecule has 19 heavy (non-hydrogen) atoms. The zero-order valence-corrected chi connectivity index (χ0v) is 12.0. The van der Waals surface area contributed by atoms with Crippen LogP contribution in [0.15, 0.2) is 18.2 Å². The average molecular weight is 285 g/mol. The molecular formula is C14H18ClFN2O. The summed E-state index contributed by atoms with van der Waals surface area (Å²) in [5.41, 5.74) is 0.863. The van der Waals surface area contributed by atoms with E-state index in [9.17, 15) is 9.18 Å². The molecule has 0 bridgehead atoms. The van der Waals surface area contributed by atoms with Crippen LogP contribution in [0, 0.1) is 5.82 Å². The van der Waals surface area contributed by atoms with Crippen LogP contribution in [0.1, 0.15) is 18.4 Å². The Labute approximate surface area is 117 Å². The number of amides is 1. The Balaban J connectivity index is 2.11. The van der Waals surface area contributed by atoms with Gasteiger partial charge in [0.05, 0.1) is 6.04 Å². The van der Waals surface area contributed by atoms with Crippen LogP contribution in [0.4, 0.5) is 4.39 Å². The van der Waals surface area contributed by atoms with E-state index < -0.39 is 0 Å². The van der Waals surface area contributed by atoms with Gasteiger partial charge >= 0.3 is 0 Å². The van der Waals surface area contributed by atoms with Crippen LogP contribution in [0.3, 0.4) is 0 Å². The van der Waals surface area contributed by atoms with E-state index in [4.69, 9.17) is 11.6 Å². The molecule has 0 spiro atoms. The largest absolute Gasteiger partial charge is 0.347 e. The van der Waals surface area contributed by atoms with Gasteiger partial charge in [-0.1, -0.05) is 17.7 Å².